The molecule has 0 bridgehead atoms. The lowest BCUT2D eigenvalue weighted by atomic mass is 10.2. The molecule has 0 aliphatic heterocycles. The lowest BCUT2D eigenvalue weighted by Crippen LogP contribution is -2.19. The van der Waals surface area contributed by atoms with Crippen LogP contribution in [0.4, 0.5) is 5.82 Å². The van der Waals surface area contributed by atoms with Gasteiger partial charge in [-0.3, -0.25) is 4.79 Å². The first-order valence-electron chi connectivity index (χ1n) is 9.55. The van der Waals surface area contributed by atoms with E-state index in [1.165, 1.54) is 35.9 Å². The van der Waals surface area contributed by atoms with Crippen LogP contribution in [0.5, 0.6) is 0 Å². The summed E-state index contributed by atoms with van der Waals surface area (Å²) in [4.78, 5) is 12.6. The summed E-state index contributed by atoms with van der Waals surface area (Å²) in [5.74, 6) is 1.82. The number of amides is 1. The molecule has 9 heteroatoms. The molecule has 0 radical (unpaired) electrons. The van der Waals surface area contributed by atoms with Crippen molar-refractivity contribution >= 4 is 46.6 Å². The van der Waals surface area contributed by atoms with Crippen molar-refractivity contribution < 1.29 is 4.79 Å². The summed E-state index contributed by atoms with van der Waals surface area (Å²) in [5, 5.41) is 21.0. The minimum Gasteiger partial charge on any atom is -0.327 e. The van der Waals surface area contributed by atoms with Crippen LogP contribution < -0.4 is 5.32 Å². The van der Waals surface area contributed by atoms with Gasteiger partial charge >= 0.3 is 0 Å². The normalized spacial score (nSPS) is 14.4. The zero-order valence-corrected chi connectivity index (χ0v) is 18.9. The highest BCUT2D eigenvalue weighted by Gasteiger charge is 2.26. The SMILES string of the molecule is CCCSc1nnc(SCC(=O)Nc2c(C#N)c(C)c(C)n2C2CCCC2)s1. The van der Waals surface area contributed by atoms with E-state index in [1.807, 2.05) is 13.8 Å². The summed E-state index contributed by atoms with van der Waals surface area (Å²) in [6, 6.07) is 2.65. The number of rotatable bonds is 8. The zero-order chi connectivity index (χ0) is 20.1. The van der Waals surface area contributed by atoms with Crippen molar-refractivity contribution in [3.63, 3.8) is 0 Å². The minimum absolute atomic E-state index is 0.115. The van der Waals surface area contributed by atoms with E-state index in [2.05, 4.69) is 33.1 Å². The Morgan fingerprint density at radius 2 is 1.96 bits per heavy atom. The summed E-state index contributed by atoms with van der Waals surface area (Å²) in [6.07, 6.45) is 5.68. The van der Waals surface area contributed by atoms with Gasteiger partial charge in [0.1, 0.15) is 11.9 Å². The lowest BCUT2D eigenvalue weighted by molar-refractivity contribution is -0.113. The largest absolute Gasteiger partial charge is 0.327 e. The van der Waals surface area contributed by atoms with Crippen molar-refractivity contribution in [2.75, 3.05) is 16.8 Å². The van der Waals surface area contributed by atoms with E-state index in [1.54, 1.807) is 11.8 Å². The maximum Gasteiger partial charge on any atom is 0.235 e. The molecule has 1 aliphatic carbocycles. The summed E-state index contributed by atoms with van der Waals surface area (Å²) in [7, 11) is 0. The van der Waals surface area contributed by atoms with Gasteiger partial charge in [0.05, 0.1) is 11.3 Å². The molecule has 0 saturated heterocycles. The van der Waals surface area contributed by atoms with E-state index in [0.717, 1.165) is 45.0 Å². The summed E-state index contributed by atoms with van der Waals surface area (Å²) in [5.41, 5.74) is 2.61. The van der Waals surface area contributed by atoms with Gasteiger partial charge in [0.15, 0.2) is 8.68 Å². The molecule has 2 aromatic rings. The molecule has 1 N–H and O–H groups in total. The maximum absolute atomic E-state index is 12.6. The Morgan fingerprint density at radius 3 is 2.61 bits per heavy atom. The van der Waals surface area contributed by atoms with E-state index < -0.39 is 0 Å². The number of hydrogen-bond donors (Lipinski definition) is 1. The first-order chi connectivity index (χ1) is 13.5. The minimum atomic E-state index is -0.115. The molecule has 0 aromatic carbocycles. The average Bonchev–Trinajstić information content (AvgIpc) is 3.40. The van der Waals surface area contributed by atoms with Gasteiger partial charge in [0.2, 0.25) is 5.91 Å². The highest BCUT2D eigenvalue weighted by atomic mass is 32.2. The van der Waals surface area contributed by atoms with Gasteiger partial charge < -0.3 is 9.88 Å². The highest BCUT2D eigenvalue weighted by Crippen LogP contribution is 2.38. The highest BCUT2D eigenvalue weighted by molar-refractivity contribution is 8.03. The average molecular weight is 436 g/mol. The quantitative estimate of drug-likeness (QED) is 0.576. The predicted octanol–water partition coefficient (Wildman–Crippen LogP) is 5.18. The van der Waals surface area contributed by atoms with Crippen molar-refractivity contribution in [3.05, 3.63) is 16.8 Å². The van der Waals surface area contributed by atoms with Crippen LogP contribution in [-0.2, 0) is 4.79 Å². The van der Waals surface area contributed by atoms with Crippen LogP contribution in [0.1, 0.15) is 61.9 Å². The van der Waals surface area contributed by atoms with Crippen LogP contribution in [0, 0.1) is 25.2 Å². The molecule has 1 saturated carbocycles. The predicted molar refractivity (Wildman–Crippen MR) is 116 cm³/mol. The summed E-state index contributed by atoms with van der Waals surface area (Å²) in [6.45, 7) is 6.13. The number of thioether (sulfide) groups is 2. The van der Waals surface area contributed by atoms with E-state index in [9.17, 15) is 10.1 Å². The smallest absolute Gasteiger partial charge is 0.235 e. The molecule has 28 heavy (non-hydrogen) atoms. The molecule has 1 aliphatic rings. The third-order valence-corrected chi connectivity index (χ3v) is 8.36. The molecule has 2 heterocycles. The fraction of sp³-hybridized carbons (Fsp3) is 0.579. The first kappa shape index (κ1) is 21.2. The van der Waals surface area contributed by atoms with Crippen LogP contribution in [-0.4, -0.2) is 32.2 Å². The van der Waals surface area contributed by atoms with E-state index >= 15 is 0 Å². The Morgan fingerprint density at radius 1 is 1.29 bits per heavy atom. The number of nitrogens with one attached hydrogen (secondary N) is 1. The molecule has 6 nitrogen and oxygen atoms in total. The molecule has 2 aromatic heterocycles. The van der Waals surface area contributed by atoms with Gasteiger partial charge in [0, 0.05) is 17.5 Å². The van der Waals surface area contributed by atoms with Gasteiger partial charge in [-0.2, -0.15) is 5.26 Å². The Hall–Kier alpha value is -1.50. The van der Waals surface area contributed by atoms with Crippen molar-refractivity contribution in [2.45, 2.75) is 67.6 Å². The van der Waals surface area contributed by atoms with Gasteiger partial charge in [-0.15, -0.1) is 10.2 Å². The van der Waals surface area contributed by atoms with Crippen molar-refractivity contribution in [1.29, 1.82) is 5.26 Å². The maximum atomic E-state index is 12.6. The number of carbonyl (C=O) groups is 1. The Bertz CT molecular complexity index is 877. The third-order valence-electron chi connectivity index (χ3n) is 4.96. The van der Waals surface area contributed by atoms with E-state index in [0.29, 0.717) is 17.4 Å². The second-order valence-electron chi connectivity index (χ2n) is 6.87. The molecule has 3 rings (SSSR count). The number of carbonyl (C=O) groups excluding carboxylic acids is 1. The summed E-state index contributed by atoms with van der Waals surface area (Å²) >= 11 is 4.61. The van der Waals surface area contributed by atoms with Crippen molar-refractivity contribution in [2.24, 2.45) is 0 Å². The number of anilines is 1. The topological polar surface area (TPSA) is 83.6 Å². The molecule has 0 atom stereocenters. The molecule has 0 spiro atoms. The second-order valence-corrected chi connectivity index (χ2v) is 10.4. The molecule has 1 fully saturated rings. The van der Waals surface area contributed by atoms with Gasteiger partial charge in [-0.25, -0.2) is 0 Å². The van der Waals surface area contributed by atoms with Crippen LogP contribution in [0.25, 0.3) is 0 Å². The van der Waals surface area contributed by atoms with Gasteiger partial charge in [0.25, 0.3) is 0 Å². The number of nitriles is 1. The molecule has 0 unspecified atom stereocenters. The van der Waals surface area contributed by atoms with Gasteiger partial charge in [-0.1, -0.05) is 54.6 Å². The van der Waals surface area contributed by atoms with Crippen LogP contribution in [0.15, 0.2) is 8.68 Å². The lowest BCUT2D eigenvalue weighted by Gasteiger charge is -2.19. The zero-order valence-electron chi connectivity index (χ0n) is 16.4. The monoisotopic (exact) mass is 435 g/mol. The van der Waals surface area contributed by atoms with E-state index in [4.69, 9.17) is 0 Å². The third kappa shape index (κ3) is 4.73. The molecular weight excluding hydrogens is 410 g/mol. The Kier molecular flexibility index (Phi) is 7.43. The fourth-order valence-electron chi connectivity index (χ4n) is 3.50. The fourth-order valence-corrected chi connectivity index (χ4v) is 6.25. The molecule has 1 amide bonds. The Balaban J connectivity index is 1.69. The second kappa shape index (κ2) is 9.81. The van der Waals surface area contributed by atoms with Gasteiger partial charge in [-0.05, 0) is 38.7 Å². The number of nitrogens with zero attached hydrogens (tertiary/aromatic N) is 4. The molecular formula is C19H25N5OS3. The standard InChI is InChI=1S/C19H25N5OS3/c1-4-9-26-18-22-23-19(28-18)27-11-16(25)21-17-15(10-20)12(2)13(3)24(17)14-7-5-6-8-14/h14H,4-9,11H2,1-3H3,(H,21,25). The Labute approximate surface area is 178 Å². The first-order valence-corrected chi connectivity index (χ1v) is 12.3. The number of aromatic nitrogens is 3. The van der Waals surface area contributed by atoms with Crippen LogP contribution >= 0.6 is 34.9 Å². The summed E-state index contributed by atoms with van der Waals surface area (Å²) < 4.78 is 3.92. The van der Waals surface area contributed by atoms with Crippen LogP contribution in [0.2, 0.25) is 0 Å². The van der Waals surface area contributed by atoms with E-state index in [-0.39, 0.29) is 11.7 Å². The van der Waals surface area contributed by atoms with Crippen molar-refractivity contribution in [1.82, 2.24) is 14.8 Å². The molecule has 150 valence electrons. The van der Waals surface area contributed by atoms with Crippen molar-refractivity contribution in [3.8, 4) is 6.07 Å². The van der Waals surface area contributed by atoms with Crippen LogP contribution in [0.3, 0.4) is 0 Å². The number of hydrogen-bond acceptors (Lipinski definition) is 7.